The maximum Gasteiger partial charge on any atom is 0.134 e. The first-order valence-corrected chi connectivity index (χ1v) is 6.79. The number of aromatic nitrogens is 3. The summed E-state index contributed by atoms with van der Waals surface area (Å²) in [6.45, 7) is 0. The van der Waals surface area contributed by atoms with Crippen molar-refractivity contribution in [2.24, 2.45) is 0 Å². The van der Waals surface area contributed by atoms with Gasteiger partial charge in [-0.15, -0.1) is 0 Å². The lowest BCUT2D eigenvalue weighted by molar-refractivity contribution is 0.936. The highest BCUT2D eigenvalue weighted by Gasteiger charge is 2.27. The Morgan fingerprint density at radius 3 is 2.80 bits per heavy atom. The highest BCUT2D eigenvalue weighted by atomic mass is 15.0. The van der Waals surface area contributed by atoms with Crippen LogP contribution in [0.5, 0.6) is 0 Å². The molecule has 2 N–H and O–H groups in total. The van der Waals surface area contributed by atoms with E-state index in [1.54, 1.807) is 6.20 Å². The molecule has 1 aliphatic carbocycles. The predicted molar refractivity (Wildman–Crippen MR) is 79.2 cm³/mol. The van der Waals surface area contributed by atoms with Crippen LogP contribution in [0.4, 0.5) is 5.82 Å². The summed E-state index contributed by atoms with van der Waals surface area (Å²) < 4.78 is 0. The zero-order chi connectivity index (χ0) is 13.5. The maximum absolute atomic E-state index is 5.91. The minimum atomic E-state index is 0.496. The van der Waals surface area contributed by atoms with Crippen molar-refractivity contribution in [1.29, 1.82) is 0 Å². The molecule has 1 saturated carbocycles. The number of rotatable bonds is 2. The SMILES string of the molecule is Nc1cc(-c2ccc3cccnc3c2)nc(C2CC2)n1. The zero-order valence-electron chi connectivity index (χ0n) is 11.0. The molecule has 2 aromatic heterocycles. The van der Waals surface area contributed by atoms with Gasteiger partial charge in [0.25, 0.3) is 0 Å². The summed E-state index contributed by atoms with van der Waals surface area (Å²) in [5.41, 5.74) is 8.79. The number of nitrogens with zero attached hydrogens (tertiary/aromatic N) is 3. The van der Waals surface area contributed by atoms with Crippen LogP contribution in [0.2, 0.25) is 0 Å². The van der Waals surface area contributed by atoms with Gasteiger partial charge in [-0.2, -0.15) is 0 Å². The summed E-state index contributed by atoms with van der Waals surface area (Å²) in [5, 5.41) is 1.13. The lowest BCUT2D eigenvalue weighted by Crippen LogP contribution is -2.00. The monoisotopic (exact) mass is 262 g/mol. The van der Waals surface area contributed by atoms with Gasteiger partial charge in [-0.1, -0.05) is 18.2 Å². The molecule has 0 amide bonds. The van der Waals surface area contributed by atoms with Crippen molar-refractivity contribution in [3.8, 4) is 11.3 Å². The first kappa shape index (κ1) is 11.3. The minimum Gasteiger partial charge on any atom is -0.384 e. The van der Waals surface area contributed by atoms with Crippen molar-refractivity contribution >= 4 is 16.7 Å². The normalized spacial score (nSPS) is 14.6. The Kier molecular flexibility index (Phi) is 2.42. The van der Waals surface area contributed by atoms with E-state index >= 15 is 0 Å². The highest BCUT2D eigenvalue weighted by molar-refractivity contribution is 5.83. The molecule has 0 spiro atoms. The number of benzene rings is 1. The first-order chi connectivity index (χ1) is 9.79. The topological polar surface area (TPSA) is 64.7 Å². The molecule has 1 aliphatic rings. The van der Waals surface area contributed by atoms with Crippen molar-refractivity contribution in [3.05, 3.63) is 48.4 Å². The van der Waals surface area contributed by atoms with Crippen LogP contribution in [0.3, 0.4) is 0 Å². The van der Waals surface area contributed by atoms with Crippen molar-refractivity contribution in [2.75, 3.05) is 5.73 Å². The molecule has 0 aliphatic heterocycles. The summed E-state index contributed by atoms with van der Waals surface area (Å²) in [6.07, 6.45) is 4.14. The summed E-state index contributed by atoms with van der Waals surface area (Å²) in [5.74, 6) is 1.91. The van der Waals surface area contributed by atoms with Crippen LogP contribution in [0.15, 0.2) is 42.6 Å². The molecular formula is C16H14N4. The molecule has 4 heteroatoms. The fourth-order valence-corrected chi connectivity index (χ4v) is 2.38. The molecule has 0 radical (unpaired) electrons. The fraction of sp³-hybridized carbons (Fsp3) is 0.188. The molecule has 1 aromatic carbocycles. The second-order valence-electron chi connectivity index (χ2n) is 5.22. The smallest absolute Gasteiger partial charge is 0.134 e. The first-order valence-electron chi connectivity index (χ1n) is 6.79. The van der Waals surface area contributed by atoms with E-state index in [2.05, 4.69) is 33.2 Å². The van der Waals surface area contributed by atoms with Gasteiger partial charge in [-0.25, -0.2) is 9.97 Å². The Bertz CT molecular complexity index is 793. The van der Waals surface area contributed by atoms with Gasteiger partial charge in [0.1, 0.15) is 11.6 Å². The molecule has 98 valence electrons. The molecule has 3 aromatic rings. The molecule has 4 nitrogen and oxygen atoms in total. The number of anilines is 1. The molecule has 20 heavy (non-hydrogen) atoms. The van der Waals surface area contributed by atoms with Gasteiger partial charge in [0.2, 0.25) is 0 Å². The van der Waals surface area contributed by atoms with Crippen LogP contribution in [-0.2, 0) is 0 Å². The third-order valence-electron chi connectivity index (χ3n) is 3.61. The molecule has 2 heterocycles. The fourth-order valence-electron chi connectivity index (χ4n) is 2.38. The van der Waals surface area contributed by atoms with Crippen LogP contribution in [0.1, 0.15) is 24.6 Å². The Morgan fingerprint density at radius 1 is 1.05 bits per heavy atom. The van der Waals surface area contributed by atoms with Crippen LogP contribution < -0.4 is 5.73 Å². The molecule has 0 bridgehead atoms. The van der Waals surface area contributed by atoms with Crippen LogP contribution in [-0.4, -0.2) is 15.0 Å². The standard InChI is InChI=1S/C16H14N4/c17-15-9-14(19-16(20-15)11-4-5-11)12-6-3-10-2-1-7-18-13(10)8-12/h1-3,6-9,11H,4-5H2,(H2,17,19,20). The molecule has 1 fully saturated rings. The largest absolute Gasteiger partial charge is 0.384 e. The quantitative estimate of drug-likeness (QED) is 0.770. The second kappa shape index (κ2) is 4.27. The number of nitrogens with two attached hydrogens (primary N) is 1. The van der Waals surface area contributed by atoms with Crippen LogP contribution >= 0.6 is 0 Å². The van der Waals surface area contributed by atoms with E-state index in [0.717, 1.165) is 28.0 Å². The average Bonchev–Trinajstić information content (AvgIpc) is 3.31. The van der Waals surface area contributed by atoms with Gasteiger partial charge in [0, 0.05) is 29.1 Å². The van der Waals surface area contributed by atoms with Gasteiger partial charge in [-0.05, 0) is 25.0 Å². The molecular weight excluding hydrogens is 248 g/mol. The van der Waals surface area contributed by atoms with E-state index in [1.807, 2.05) is 18.2 Å². The zero-order valence-corrected chi connectivity index (χ0v) is 11.0. The molecule has 0 unspecified atom stereocenters. The van der Waals surface area contributed by atoms with Crippen LogP contribution in [0, 0.1) is 0 Å². The lowest BCUT2D eigenvalue weighted by Gasteiger charge is -2.06. The Labute approximate surface area is 116 Å². The van der Waals surface area contributed by atoms with Crippen LogP contribution in [0.25, 0.3) is 22.2 Å². The van der Waals surface area contributed by atoms with Crippen molar-refractivity contribution in [2.45, 2.75) is 18.8 Å². The van der Waals surface area contributed by atoms with E-state index < -0.39 is 0 Å². The third kappa shape index (κ3) is 1.99. The number of hydrogen-bond donors (Lipinski definition) is 1. The summed E-state index contributed by atoms with van der Waals surface area (Å²) >= 11 is 0. The summed E-state index contributed by atoms with van der Waals surface area (Å²) in [4.78, 5) is 13.4. The van der Waals surface area contributed by atoms with Gasteiger partial charge < -0.3 is 5.73 Å². The Hall–Kier alpha value is -2.49. The predicted octanol–water partition coefficient (Wildman–Crippen LogP) is 3.15. The van der Waals surface area contributed by atoms with E-state index in [9.17, 15) is 0 Å². The Morgan fingerprint density at radius 2 is 1.95 bits per heavy atom. The number of hydrogen-bond acceptors (Lipinski definition) is 4. The highest BCUT2D eigenvalue weighted by Crippen LogP contribution is 2.39. The van der Waals surface area contributed by atoms with Crippen molar-refractivity contribution in [3.63, 3.8) is 0 Å². The number of nitrogen functional groups attached to an aromatic ring is 1. The maximum atomic E-state index is 5.91. The molecule has 0 atom stereocenters. The molecule has 4 rings (SSSR count). The van der Waals surface area contributed by atoms with Crippen molar-refractivity contribution in [1.82, 2.24) is 15.0 Å². The number of fused-ring (bicyclic) bond motifs is 1. The van der Waals surface area contributed by atoms with Gasteiger partial charge in [0.15, 0.2) is 0 Å². The average molecular weight is 262 g/mol. The van der Waals surface area contributed by atoms with E-state index in [1.165, 1.54) is 12.8 Å². The minimum absolute atomic E-state index is 0.496. The molecule has 0 saturated heterocycles. The lowest BCUT2D eigenvalue weighted by atomic mass is 10.1. The van der Waals surface area contributed by atoms with Crippen molar-refractivity contribution < 1.29 is 0 Å². The van der Waals surface area contributed by atoms with Gasteiger partial charge in [-0.3, -0.25) is 4.98 Å². The van der Waals surface area contributed by atoms with E-state index in [0.29, 0.717) is 11.7 Å². The van der Waals surface area contributed by atoms with Gasteiger partial charge >= 0.3 is 0 Å². The van der Waals surface area contributed by atoms with E-state index in [-0.39, 0.29) is 0 Å². The van der Waals surface area contributed by atoms with E-state index in [4.69, 9.17) is 5.73 Å². The third-order valence-corrected chi connectivity index (χ3v) is 3.61. The van der Waals surface area contributed by atoms with Gasteiger partial charge in [0.05, 0.1) is 11.2 Å². The summed E-state index contributed by atoms with van der Waals surface area (Å²) in [7, 11) is 0. The number of pyridine rings is 1. The second-order valence-corrected chi connectivity index (χ2v) is 5.22. The Balaban J connectivity index is 1.85. The summed E-state index contributed by atoms with van der Waals surface area (Å²) in [6, 6.07) is 12.0.